The first-order chi connectivity index (χ1) is 10.1. The lowest BCUT2D eigenvalue weighted by Crippen LogP contribution is -2.14. The summed E-state index contributed by atoms with van der Waals surface area (Å²) >= 11 is 1.65. The van der Waals surface area contributed by atoms with E-state index < -0.39 is 12.6 Å². The fraction of sp³-hybridized carbons (Fsp3) is 0.357. The Bertz CT molecular complexity index is 614. The average molecular weight is 307 g/mol. The van der Waals surface area contributed by atoms with Crippen LogP contribution in [-0.4, -0.2) is 27.7 Å². The van der Waals surface area contributed by atoms with Gasteiger partial charge < -0.3 is 15.2 Å². The van der Waals surface area contributed by atoms with Crippen LogP contribution in [0.15, 0.2) is 17.5 Å². The van der Waals surface area contributed by atoms with Crippen molar-refractivity contribution in [2.24, 2.45) is 0 Å². The Kier molecular flexibility index (Phi) is 5.10. The molecule has 2 heterocycles. The smallest absolute Gasteiger partial charge is 0.341 e. The van der Waals surface area contributed by atoms with Crippen LogP contribution in [0, 0.1) is 6.92 Å². The third-order valence-electron chi connectivity index (χ3n) is 2.87. The van der Waals surface area contributed by atoms with Crippen LogP contribution in [0.25, 0.3) is 0 Å². The summed E-state index contributed by atoms with van der Waals surface area (Å²) in [5.74, 6) is -0.261. The van der Waals surface area contributed by atoms with Gasteiger partial charge in [-0.25, -0.2) is 9.78 Å². The lowest BCUT2D eigenvalue weighted by atomic mass is 10.2. The SMILES string of the molecule is CCc1nc(NCc2cccs2)nc(OCC(=O)O)c1C. The normalized spacial score (nSPS) is 10.4. The second kappa shape index (κ2) is 7.03. The van der Waals surface area contributed by atoms with E-state index in [0.29, 0.717) is 18.4 Å². The molecule has 112 valence electrons. The average Bonchev–Trinajstić information content (AvgIpc) is 2.98. The van der Waals surface area contributed by atoms with E-state index in [1.54, 1.807) is 11.3 Å². The first-order valence-electron chi connectivity index (χ1n) is 6.58. The predicted molar refractivity (Wildman–Crippen MR) is 80.9 cm³/mol. The number of hydrogen-bond donors (Lipinski definition) is 2. The maximum Gasteiger partial charge on any atom is 0.341 e. The molecule has 0 spiro atoms. The number of ether oxygens (including phenoxy) is 1. The van der Waals surface area contributed by atoms with Crippen molar-refractivity contribution < 1.29 is 14.6 Å². The molecule has 0 radical (unpaired) electrons. The van der Waals surface area contributed by atoms with Gasteiger partial charge in [0.25, 0.3) is 0 Å². The molecule has 0 bridgehead atoms. The Morgan fingerprint density at radius 1 is 1.48 bits per heavy atom. The first-order valence-corrected chi connectivity index (χ1v) is 7.46. The standard InChI is InChI=1S/C14H17N3O3S/c1-3-11-9(2)13(20-8-12(18)19)17-14(16-11)15-7-10-5-4-6-21-10/h4-6H,3,7-8H2,1-2H3,(H,18,19)(H,15,16,17). The molecule has 7 heteroatoms. The molecular formula is C14H17N3O3S. The first kappa shape index (κ1) is 15.2. The molecule has 2 N–H and O–H groups in total. The molecule has 0 unspecified atom stereocenters. The van der Waals surface area contributed by atoms with Crippen LogP contribution in [0.4, 0.5) is 5.95 Å². The third-order valence-corrected chi connectivity index (χ3v) is 3.75. The molecular weight excluding hydrogens is 290 g/mol. The zero-order chi connectivity index (χ0) is 15.2. The molecule has 2 aromatic heterocycles. The molecule has 6 nitrogen and oxygen atoms in total. The molecule has 0 saturated carbocycles. The highest BCUT2D eigenvalue weighted by molar-refractivity contribution is 7.09. The second-order valence-corrected chi connectivity index (χ2v) is 5.43. The van der Waals surface area contributed by atoms with Gasteiger partial charge in [0.1, 0.15) is 0 Å². The quantitative estimate of drug-likeness (QED) is 0.817. The molecule has 0 atom stereocenters. The number of hydrogen-bond acceptors (Lipinski definition) is 6. The molecule has 0 aliphatic rings. The van der Waals surface area contributed by atoms with Crippen molar-refractivity contribution in [2.45, 2.75) is 26.8 Å². The fourth-order valence-electron chi connectivity index (χ4n) is 1.81. The predicted octanol–water partition coefficient (Wildman–Crippen LogP) is 2.48. The van der Waals surface area contributed by atoms with Gasteiger partial charge in [-0.3, -0.25) is 0 Å². The summed E-state index contributed by atoms with van der Waals surface area (Å²) in [4.78, 5) is 20.5. The van der Waals surface area contributed by atoms with Crippen molar-refractivity contribution >= 4 is 23.3 Å². The molecule has 0 fully saturated rings. The molecule has 0 amide bonds. The van der Waals surface area contributed by atoms with Gasteiger partial charge in [0.15, 0.2) is 6.61 Å². The van der Waals surface area contributed by atoms with Gasteiger partial charge in [-0.1, -0.05) is 13.0 Å². The van der Waals surface area contributed by atoms with Crippen molar-refractivity contribution in [1.29, 1.82) is 0 Å². The van der Waals surface area contributed by atoms with E-state index in [1.807, 2.05) is 31.4 Å². The van der Waals surface area contributed by atoms with Crippen molar-refractivity contribution in [3.8, 4) is 5.88 Å². The summed E-state index contributed by atoms with van der Waals surface area (Å²) in [5, 5.41) is 13.9. The highest BCUT2D eigenvalue weighted by atomic mass is 32.1. The van der Waals surface area contributed by atoms with Crippen LogP contribution < -0.4 is 10.1 Å². The monoisotopic (exact) mass is 307 g/mol. The van der Waals surface area contributed by atoms with Crippen molar-refractivity contribution in [3.63, 3.8) is 0 Å². The Morgan fingerprint density at radius 3 is 2.90 bits per heavy atom. The minimum atomic E-state index is -1.03. The number of aliphatic carboxylic acids is 1. The van der Waals surface area contributed by atoms with Crippen LogP contribution in [0.3, 0.4) is 0 Å². The van der Waals surface area contributed by atoms with Gasteiger partial charge >= 0.3 is 5.97 Å². The highest BCUT2D eigenvalue weighted by Gasteiger charge is 2.12. The Labute approximate surface area is 126 Å². The summed E-state index contributed by atoms with van der Waals surface area (Å²) in [7, 11) is 0. The van der Waals surface area contributed by atoms with Crippen molar-refractivity contribution in [2.75, 3.05) is 11.9 Å². The fourth-order valence-corrected chi connectivity index (χ4v) is 2.46. The van der Waals surface area contributed by atoms with E-state index in [4.69, 9.17) is 9.84 Å². The third kappa shape index (κ3) is 4.16. The zero-order valence-corrected chi connectivity index (χ0v) is 12.7. The summed E-state index contributed by atoms with van der Waals surface area (Å²) in [6.07, 6.45) is 0.728. The van der Waals surface area contributed by atoms with Crippen LogP contribution in [0.1, 0.15) is 23.1 Å². The summed E-state index contributed by atoms with van der Waals surface area (Å²) < 4.78 is 5.23. The second-order valence-electron chi connectivity index (χ2n) is 4.39. The zero-order valence-electron chi connectivity index (χ0n) is 11.9. The van der Waals surface area contributed by atoms with E-state index in [0.717, 1.165) is 17.7 Å². The maximum atomic E-state index is 10.6. The Balaban J connectivity index is 2.16. The number of anilines is 1. The van der Waals surface area contributed by atoms with Gasteiger partial charge in [-0.15, -0.1) is 11.3 Å². The van der Waals surface area contributed by atoms with Gasteiger partial charge in [-0.05, 0) is 24.8 Å². The van der Waals surface area contributed by atoms with Crippen LogP contribution in [0.5, 0.6) is 5.88 Å². The number of thiophene rings is 1. The number of carboxylic acids is 1. The van der Waals surface area contributed by atoms with Crippen molar-refractivity contribution in [1.82, 2.24) is 9.97 Å². The molecule has 0 aromatic carbocycles. The number of carbonyl (C=O) groups is 1. The number of aromatic nitrogens is 2. The topological polar surface area (TPSA) is 84.3 Å². The van der Waals surface area contributed by atoms with Gasteiger partial charge in [-0.2, -0.15) is 4.98 Å². The van der Waals surface area contributed by atoms with Gasteiger partial charge in [0.05, 0.1) is 12.2 Å². The Hall–Kier alpha value is -2.15. The molecule has 0 aliphatic carbocycles. The van der Waals surface area contributed by atoms with Crippen LogP contribution in [-0.2, 0) is 17.8 Å². The maximum absolute atomic E-state index is 10.6. The highest BCUT2D eigenvalue weighted by Crippen LogP contribution is 2.21. The van der Waals surface area contributed by atoms with E-state index in [1.165, 1.54) is 4.88 Å². The lowest BCUT2D eigenvalue weighted by Gasteiger charge is -2.12. The molecule has 0 saturated heterocycles. The van der Waals surface area contributed by atoms with E-state index in [-0.39, 0.29) is 0 Å². The summed E-state index contributed by atoms with van der Waals surface area (Å²) in [6.45, 7) is 4.03. The van der Waals surface area contributed by atoms with E-state index >= 15 is 0 Å². The van der Waals surface area contributed by atoms with E-state index in [9.17, 15) is 4.79 Å². The van der Waals surface area contributed by atoms with Crippen LogP contribution in [0.2, 0.25) is 0 Å². The largest absolute Gasteiger partial charge is 0.479 e. The summed E-state index contributed by atoms with van der Waals surface area (Å²) in [6, 6.07) is 4.00. The van der Waals surface area contributed by atoms with Gasteiger partial charge in [0.2, 0.25) is 11.8 Å². The van der Waals surface area contributed by atoms with E-state index in [2.05, 4.69) is 15.3 Å². The van der Waals surface area contributed by atoms with Gasteiger partial charge in [0, 0.05) is 10.4 Å². The Morgan fingerprint density at radius 2 is 2.29 bits per heavy atom. The number of rotatable bonds is 7. The molecule has 2 rings (SSSR count). The minimum Gasteiger partial charge on any atom is -0.479 e. The molecule has 2 aromatic rings. The van der Waals surface area contributed by atoms with Crippen LogP contribution >= 0.6 is 11.3 Å². The number of aryl methyl sites for hydroxylation is 1. The number of nitrogens with one attached hydrogen (secondary N) is 1. The minimum absolute atomic E-state index is 0.318. The number of carboxylic acid groups (broad SMARTS) is 1. The lowest BCUT2D eigenvalue weighted by molar-refractivity contribution is -0.139. The summed E-state index contributed by atoms with van der Waals surface area (Å²) in [5.41, 5.74) is 1.62. The molecule has 0 aliphatic heterocycles. The number of nitrogens with zero attached hydrogens (tertiary/aromatic N) is 2. The molecule has 21 heavy (non-hydrogen) atoms. The van der Waals surface area contributed by atoms with Crippen molar-refractivity contribution in [3.05, 3.63) is 33.6 Å².